The lowest BCUT2D eigenvalue weighted by atomic mass is 10.1. The van der Waals surface area contributed by atoms with Crippen LogP contribution in [-0.4, -0.2) is 37.3 Å². The maximum atomic E-state index is 12.1. The molecule has 108 valence electrons. The Balaban J connectivity index is 2.64. The van der Waals surface area contributed by atoms with Crippen LogP contribution in [0.1, 0.15) is 24.2 Å². The number of rotatable bonds is 3. The molecule has 0 saturated carbocycles. The fraction of sp³-hybridized carbons (Fsp3) is 0.333. The van der Waals surface area contributed by atoms with Crippen molar-refractivity contribution < 1.29 is 27.9 Å². The topological polar surface area (TPSA) is 101 Å². The number of methoxy groups -OCH3 is 1. The van der Waals surface area contributed by atoms with E-state index in [4.69, 9.17) is 9.84 Å². The largest absolute Gasteiger partial charge is 0.497 e. The molecule has 1 saturated heterocycles. The number of carboxylic acids is 1. The first-order chi connectivity index (χ1) is 9.14. The molecule has 1 aromatic rings. The lowest BCUT2D eigenvalue weighted by Gasteiger charge is -2.43. The standard InChI is InChI=1S/C12H13NO6S/c1-12(2)11(16)13(20(12,17)18)9-6-7(19-3)4-5-8(9)10(14)15/h4-6H,1-3H3,(H,14,15). The van der Waals surface area contributed by atoms with E-state index >= 15 is 0 Å². The molecule has 1 amide bonds. The second-order valence-corrected chi connectivity index (χ2v) is 7.11. The van der Waals surface area contributed by atoms with Crippen molar-refractivity contribution >= 4 is 27.6 Å². The highest BCUT2D eigenvalue weighted by molar-refractivity contribution is 7.98. The van der Waals surface area contributed by atoms with Crippen molar-refractivity contribution in [3.05, 3.63) is 23.8 Å². The smallest absolute Gasteiger partial charge is 0.337 e. The molecule has 1 fully saturated rings. The maximum absolute atomic E-state index is 12.1. The Kier molecular flexibility index (Phi) is 3.01. The van der Waals surface area contributed by atoms with Crippen molar-refractivity contribution in [2.75, 3.05) is 11.4 Å². The van der Waals surface area contributed by atoms with Gasteiger partial charge in [0.05, 0.1) is 18.4 Å². The average molecular weight is 299 g/mol. The molecule has 0 atom stereocenters. The van der Waals surface area contributed by atoms with Gasteiger partial charge in [-0.15, -0.1) is 0 Å². The molecule has 1 aliphatic heterocycles. The number of hydrogen-bond acceptors (Lipinski definition) is 5. The summed E-state index contributed by atoms with van der Waals surface area (Å²) in [5.41, 5.74) is -0.487. The van der Waals surface area contributed by atoms with Gasteiger partial charge in [0.15, 0.2) is 4.75 Å². The van der Waals surface area contributed by atoms with Gasteiger partial charge in [-0.25, -0.2) is 17.5 Å². The summed E-state index contributed by atoms with van der Waals surface area (Å²) < 4.78 is 28.2. The van der Waals surface area contributed by atoms with Gasteiger partial charge in [0.1, 0.15) is 5.75 Å². The summed E-state index contributed by atoms with van der Waals surface area (Å²) in [4.78, 5) is 23.2. The summed E-state index contributed by atoms with van der Waals surface area (Å²) in [6.45, 7) is 2.56. The van der Waals surface area contributed by atoms with Gasteiger partial charge in [0, 0.05) is 6.07 Å². The van der Waals surface area contributed by atoms with E-state index in [-0.39, 0.29) is 17.0 Å². The first-order valence-corrected chi connectivity index (χ1v) is 7.09. The molecule has 0 spiro atoms. The van der Waals surface area contributed by atoms with E-state index < -0.39 is 26.6 Å². The van der Waals surface area contributed by atoms with Crippen molar-refractivity contribution in [2.24, 2.45) is 0 Å². The van der Waals surface area contributed by atoms with Crippen LogP contribution in [0.4, 0.5) is 5.69 Å². The SMILES string of the molecule is COc1ccc(C(=O)O)c(N2C(=O)C(C)(C)S2(=O)=O)c1. The van der Waals surface area contributed by atoms with Crippen LogP contribution in [0.15, 0.2) is 18.2 Å². The van der Waals surface area contributed by atoms with E-state index in [0.29, 0.717) is 4.31 Å². The number of aromatic carboxylic acids is 1. The first-order valence-electron chi connectivity index (χ1n) is 5.65. The molecule has 0 bridgehead atoms. The van der Waals surface area contributed by atoms with Crippen LogP contribution in [0.2, 0.25) is 0 Å². The lowest BCUT2D eigenvalue weighted by Crippen LogP contribution is -2.68. The minimum atomic E-state index is -3.92. The number of carbonyl (C=O) groups is 2. The van der Waals surface area contributed by atoms with Crippen molar-refractivity contribution in [1.29, 1.82) is 0 Å². The molecule has 20 heavy (non-hydrogen) atoms. The summed E-state index contributed by atoms with van der Waals surface area (Å²) in [5, 5.41) is 9.11. The molecule has 0 unspecified atom stereocenters. The van der Waals surface area contributed by atoms with E-state index in [1.807, 2.05) is 0 Å². The Bertz CT molecular complexity index is 707. The Labute approximate surface area is 115 Å². The van der Waals surface area contributed by atoms with Gasteiger partial charge in [0.2, 0.25) is 0 Å². The third-order valence-electron chi connectivity index (χ3n) is 3.24. The Morgan fingerprint density at radius 2 is 1.95 bits per heavy atom. The van der Waals surface area contributed by atoms with Crippen LogP contribution in [0.25, 0.3) is 0 Å². The predicted octanol–water partition coefficient (Wildman–Crippen LogP) is 0.848. The molecule has 1 heterocycles. The van der Waals surface area contributed by atoms with Gasteiger partial charge < -0.3 is 9.84 Å². The van der Waals surface area contributed by atoms with E-state index in [1.165, 1.54) is 39.2 Å². The molecule has 1 aliphatic rings. The van der Waals surface area contributed by atoms with Crippen LogP contribution in [0, 0.1) is 0 Å². The van der Waals surface area contributed by atoms with Gasteiger partial charge in [-0.3, -0.25) is 4.79 Å². The number of benzene rings is 1. The molecule has 1 N–H and O–H groups in total. The summed E-state index contributed by atoms with van der Waals surface area (Å²) >= 11 is 0. The Morgan fingerprint density at radius 1 is 1.35 bits per heavy atom. The van der Waals surface area contributed by atoms with E-state index in [2.05, 4.69) is 0 Å². The third-order valence-corrected chi connectivity index (χ3v) is 5.55. The van der Waals surface area contributed by atoms with Crippen LogP contribution in [0.5, 0.6) is 5.75 Å². The van der Waals surface area contributed by atoms with Crippen LogP contribution < -0.4 is 9.04 Å². The molecule has 1 aromatic carbocycles. The Hall–Kier alpha value is -2.09. The normalized spacial score (nSPS) is 19.4. The molecule has 8 heteroatoms. The summed E-state index contributed by atoms with van der Waals surface area (Å²) in [7, 11) is -2.56. The van der Waals surface area contributed by atoms with Gasteiger partial charge in [-0.05, 0) is 26.0 Å². The number of ether oxygens (including phenoxy) is 1. The monoisotopic (exact) mass is 299 g/mol. The number of hydrogen-bond donors (Lipinski definition) is 1. The van der Waals surface area contributed by atoms with Crippen LogP contribution >= 0.6 is 0 Å². The zero-order valence-corrected chi connectivity index (χ0v) is 11.9. The van der Waals surface area contributed by atoms with Gasteiger partial charge in [-0.2, -0.15) is 0 Å². The fourth-order valence-electron chi connectivity index (χ4n) is 1.88. The lowest BCUT2D eigenvalue weighted by molar-refractivity contribution is -0.120. The maximum Gasteiger partial charge on any atom is 0.337 e. The van der Waals surface area contributed by atoms with Crippen LogP contribution in [-0.2, 0) is 14.8 Å². The van der Waals surface area contributed by atoms with Crippen molar-refractivity contribution in [3.8, 4) is 5.75 Å². The number of carbonyl (C=O) groups excluding carboxylic acids is 1. The Morgan fingerprint density at radius 3 is 2.40 bits per heavy atom. The van der Waals surface area contributed by atoms with Gasteiger partial charge in [0.25, 0.3) is 15.9 Å². The highest BCUT2D eigenvalue weighted by Gasteiger charge is 2.61. The van der Waals surface area contributed by atoms with Crippen molar-refractivity contribution in [3.63, 3.8) is 0 Å². The van der Waals surface area contributed by atoms with E-state index in [9.17, 15) is 18.0 Å². The number of sulfonamides is 1. The molecule has 7 nitrogen and oxygen atoms in total. The fourth-order valence-corrected chi connectivity index (χ4v) is 3.37. The minimum absolute atomic E-state index is 0.207. The summed E-state index contributed by atoms with van der Waals surface area (Å²) in [5.74, 6) is -1.73. The molecule has 0 aliphatic carbocycles. The highest BCUT2D eigenvalue weighted by atomic mass is 32.2. The second-order valence-electron chi connectivity index (χ2n) is 4.77. The molecule has 0 aromatic heterocycles. The van der Waals surface area contributed by atoms with E-state index in [1.54, 1.807) is 0 Å². The molecule has 2 rings (SSSR count). The van der Waals surface area contributed by atoms with Gasteiger partial charge >= 0.3 is 5.97 Å². The third kappa shape index (κ3) is 1.68. The van der Waals surface area contributed by atoms with E-state index in [0.717, 1.165) is 0 Å². The highest BCUT2D eigenvalue weighted by Crippen LogP contribution is 2.41. The van der Waals surface area contributed by atoms with Crippen molar-refractivity contribution in [1.82, 2.24) is 0 Å². The predicted molar refractivity (Wildman–Crippen MR) is 70.4 cm³/mol. The second kappa shape index (κ2) is 4.20. The quantitative estimate of drug-likeness (QED) is 0.888. The van der Waals surface area contributed by atoms with Crippen LogP contribution in [0.3, 0.4) is 0 Å². The number of amides is 1. The average Bonchev–Trinajstić information content (AvgIpc) is 2.37. The number of anilines is 1. The number of nitrogens with zero attached hydrogens (tertiary/aromatic N) is 1. The molecule has 0 radical (unpaired) electrons. The summed E-state index contributed by atoms with van der Waals surface area (Å²) in [6.07, 6.45) is 0. The first kappa shape index (κ1) is 14.3. The van der Waals surface area contributed by atoms with Crippen molar-refractivity contribution in [2.45, 2.75) is 18.6 Å². The van der Waals surface area contributed by atoms with Gasteiger partial charge in [-0.1, -0.05) is 0 Å². The summed E-state index contributed by atoms with van der Waals surface area (Å²) in [6, 6.07) is 3.80. The molecular weight excluding hydrogens is 286 g/mol. The molecular formula is C12H13NO6S. The minimum Gasteiger partial charge on any atom is -0.497 e. The zero-order valence-electron chi connectivity index (χ0n) is 11.1. The number of carboxylic acid groups (broad SMARTS) is 1. The zero-order chi connectivity index (χ0) is 15.3.